The van der Waals surface area contributed by atoms with E-state index in [1.165, 1.54) is 17.8 Å². The topological polar surface area (TPSA) is 55.1 Å². The summed E-state index contributed by atoms with van der Waals surface area (Å²) in [4.78, 5) is 12.7. The molecule has 0 radical (unpaired) electrons. The molecule has 0 aliphatic rings. The summed E-state index contributed by atoms with van der Waals surface area (Å²) in [7, 11) is 0. The van der Waals surface area contributed by atoms with Crippen molar-refractivity contribution in [3.05, 3.63) is 59.9 Å². The minimum Gasteiger partial charge on any atom is -0.399 e. The summed E-state index contributed by atoms with van der Waals surface area (Å²) in [6.45, 7) is 0.202. The van der Waals surface area contributed by atoms with Crippen molar-refractivity contribution in [1.82, 2.24) is 5.32 Å². The van der Waals surface area contributed by atoms with Crippen LogP contribution in [-0.4, -0.2) is 11.7 Å². The highest BCUT2D eigenvalue weighted by Gasteiger charge is 2.05. The van der Waals surface area contributed by atoms with E-state index < -0.39 is 0 Å². The van der Waals surface area contributed by atoms with Crippen LogP contribution in [0.1, 0.15) is 5.56 Å². The highest BCUT2D eigenvalue weighted by molar-refractivity contribution is 8.00. The maximum Gasteiger partial charge on any atom is 0.230 e. The predicted molar refractivity (Wildman–Crippen MR) is 79.8 cm³/mol. The van der Waals surface area contributed by atoms with Gasteiger partial charge in [-0.1, -0.05) is 18.2 Å². The fraction of sp³-hybridized carbons (Fsp3) is 0.133. The van der Waals surface area contributed by atoms with E-state index in [0.29, 0.717) is 17.0 Å². The highest BCUT2D eigenvalue weighted by atomic mass is 32.2. The summed E-state index contributed by atoms with van der Waals surface area (Å²) in [6, 6.07) is 13.7. The number of nitrogens with two attached hydrogens (primary N) is 1. The van der Waals surface area contributed by atoms with Crippen molar-refractivity contribution in [3.63, 3.8) is 0 Å². The molecule has 0 heterocycles. The molecule has 0 unspecified atom stereocenters. The number of hydrogen-bond donors (Lipinski definition) is 2. The van der Waals surface area contributed by atoms with E-state index in [0.717, 1.165) is 4.90 Å². The number of hydrogen-bond acceptors (Lipinski definition) is 3. The molecule has 5 heteroatoms. The minimum atomic E-state index is -0.306. The summed E-state index contributed by atoms with van der Waals surface area (Å²) in [5.41, 5.74) is 6.76. The Balaban J connectivity index is 1.78. The van der Waals surface area contributed by atoms with E-state index in [2.05, 4.69) is 5.32 Å². The smallest absolute Gasteiger partial charge is 0.230 e. The number of halogens is 1. The molecule has 0 bridgehead atoms. The number of amides is 1. The molecule has 0 atom stereocenters. The van der Waals surface area contributed by atoms with Crippen LogP contribution in [0, 0.1) is 5.82 Å². The van der Waals surface area contributed by atoms with Gasteiger partial charge in [-0.3, -0.25) is 4.79 Å². The van der Waals surface area contributed by atoms with E-state index in [1.54, 1.807) is 30.3 Å². The Bertz CT molecular complexity index is 587. The zero-order chi connectivity index (χ0) is 14.4. The van der Waals surface area contributed by atoms with Gasteiger partial charge >= 0.3 is 0 Å². The number of thioether (sulfide) groups is 1. The Morgan fingerprint density at radius 1 is 1.15 bits per heavy atom. The van der Waals surface area contributed by atoms with E-state index in [4.69, 9.17) is 5.73 Å². The second-order valence-electron chi connectivity index (χ2n) is 4.23. The number of carbonyl (C=O) groups excluding carboxylic acids is 1. The number of anilines is 1. The van der Waals surface area contributed by atoms with Crippen LogP contribution in [0.2, 0.25) is 0 Å². The normalized spacial score (nSPS) is 10.2. The summed E-state index contributed by atoms with van der Waals surface area (Å²) in [5.74, 6) is -0.146. The van der Waals surface area contributed by atoms with Gasteiger partial charge in [0, 0.05) is 22.7 Å². The van der Waals surface area contributed by atoms with Gasteiger partial charge in [0.05, 0.1) is 5.75 Å². The molecule has 104 valence electrons. The number of rotatable bonds is 5. The lowest BCUT2D eigenvalue weighted by Gasteiger charge is -2.06. The summed E-state index contributed by atoms with van der Waals surface area (Å²) >= 11 is 1.42. The van der Waals surface area contributed by atoms with Crippen LogP contribution in [0.15, 0.2) is 53.4 Å². The van der Waals surface area contributed by atoms with Gasteiger partial charge in [0.15, 0.2) is 0 Å². The minimum absolute atomic E-state index is 0.130. The first-order valence-electron chi connectivity index (χ1n) is 6.13. The van der Waals surface area contributed by atoms with Crippen LogP contribution in [0.25, 0.3) is 0 Å². The molecule has 0 fully saturated rings. The fourth-order valence-electron chi connectivity index (χ4n) is 1.60. The molecule has 0 aliphatic carbocycles. The first kappa shape index (κ1) is 14.4. The molecule has 2 aromatic carbocycles. The van der Waals surface area contributed by atoms with Gasteiger partial charge in [0.2, 0.25) is 5.91 Å². The number of nitrogen functional groups attached to an aromatic ring is 1. The van der Waals surface area contributed by atoms with Gasteiger partial charge in [-0.2, -0.15) is 0 Å². The molecule has 0 saturated carbocycles. The van der Waals surface area contributed by atoms with Crippen molar-refractivity contribution in [2.45, 2.75) is 11.4 Å². The van der Waals surface area contributed by atoms with Gasteiger partial charge < -0.3 is 11.1 Å². The van der Waals surface area contributed by atoms with Gasteiger partial charge in [0.25, 0.3) is 0 Å². The van der Waals surface area contributed by atoms with Crippen molar-refractivity contribution in [1.29, 1.82) is 0 Å². The SMILES string of the molecule is Nc1ccc(SCC(=O)NCc2ccccc2F)cc1. The molecule has 3 N–H and O–H groups in total. The predicted octanol–water partition coefficient (Wildman–Crippen LogP) is 2.82. The summed E-state index contributed by atoms with van der Waals surface area (Å²) < 4.78 is 13.4. The van der Waals surface area contributed by atoms with Gasteiger partial charge in [0.1, 0.15) is 5.82 Å². The Labute approximate surface area is 121 Å². The standard InChI is InChI=1S/C15H15FN2OS/c16-14-4-2-1-3-11(14)9-18-15(19)10-20-13-7-5-12(17)6-8-13/h1-8H,9-10,17H2,(H,18,19). The Hall–Kier alpha value is -2.01. The highest BCUT2D eigenvalue weighted by Crippen LogP contribution is 2.18. The lowest BCUT2D eigenvalue weighted by molar-refractivity contribution is -0.118. The average Bonchev–Trinajstić information content (AvgIpc) is 2.46. The molecule has 3 nitrogen and oxygen atoms in total. The Morgan fingerprint density at radius 2 is 1.85 bits per heavy atom. The molecule has 1 amide bonds. The molecule has 0 aliphatic heterocycles. The first-order valence-corrected chi connectivity index (χ1v) is 7.12. The number of carbonyl (C=O) groups is 1. The third-order valence-corrected chi connectivity index (χ3v) is 3.70. The Kier molecular flexibility index (Phi) is 5.01. The second kappa shape index (κ2) is 6.96. The molecule has 2 aromatic rings. The van der Waals surface area contributed by atoms with E-state index in [1.807, 2.05) is 12.1 Å². The van der Waals surface area contributed by atoms with Crippen molar-refractivity contribution >= 4 is 23.4 Å². The van der Waals surface area contributed by atoms with E-state index >= 15 is 0 Å². The fourth-order valence-corrected chi connectivity index (χ4v) is 2.33. The lowest BCUT2D eigenvalue weighted by atomic mass is 10.2. The monoisotopic (exact) mass is 290 g/mol. The van der Waals surface area contributed by atoms with Crippen LogP contribution in [0.3, 0.4) is 0 Å². The van der Waals surface area contributed by atoms with Crippen LogP contribution in [0.4, 0.5) is 10.1 Å². The van der Waals surface area contributed by atoms with Crippen LogP contribution in [-0.2, 0) is 11.3 Å². The second-order valence-corrected chi connectivity index (χ2v) is 5.27. The van der Waals surface area contributed by atoms with Crippen molar-refractivity contribution in [3.8, 4) is 0 Å². The number of nitrogens with one attached hydrogen (secondary N) is 1. The quantitative estimate of drug-likeness (QED) is 0.657. The average molecular weight is 290 g/mol. The molecular formula is C15H15FN2OS. The molecule has 0 spiro atoms. The van der Waals surface area contributed by atoms with E-state index in [9.17, 15) is 9.18 Å². The molecule has 2 rings (SSSR count). The molecule has 0 aromatic heterocycles. The Morgan fingerprint density at radius 3 is 2.55 bits per heavy atom. The van der Waals surface area contributed by atoms with Gasteiger partial charge in [-0.05, 0) is 30.3 Å². The van der Waals surface area contributed by atoms with Crippen molar-refractivity contribution in [2.24, 2.45) is 0 Å². The molecular weight excluding hydrogens is 275 g/mol. The molecule has 20 heavy (non-hydrogen) atoms. The maximum absolute atomic E-state index is 13.4. The third kappa shape index (κ3) is 4.28. The summed E-state index contributed by atoms with van der Waals surface area (Å²) in [5, 5.41) is 2.70. The first-order chi connectivity index (χ1) is 9.65. The van der Waals surface area contributed by atoms with Crippen molar-refractivity contribution < 1.29 is 9.18 Å². The van der Waals surface area contributed by atoms with E-state index in [-0.39, 0.29) is 18.3 Å². The maximum atomic E-state index is 13.4. The van der Waals surface area contributed by atoms with Crippen LogP contribution >= 0.6 is 11.8 Å². The summed E-state index contributed by atoms with van der Waals surface area (Å²) in [6.07, 6.45) is 0. The third-order valence-electron chi connectivity index (χ3n) is 2.68. The lowest BCUT2D eigenvalue weighted by Crippen LogP contribution is -2.24. The van der Waals surface area contributed by atoms with Gasteiger partial charge in [-0.25, -0.2) is 4.39 Å². The molecule has 0 saturated heterocycles. The zero-order valence-corrected chi connectivity index (χ0v) is 11.6. The largest absolute Gasteiger partial charge is 0.399 e. The van der Waals surface area contributed by atoms with Crippen LogP contribution in [0.5, 0.6) is 0 Å². The van der Waals surface area contributed by atoms with Crippen molar-refractivity contribution in [2.75, 3.05) is 11.5 Å². The van der Waals surface area contributed by atoms with Crippen LogP contribution < -0.4 is 11.1 Å². The number of benzene rings is 2. The van der Waals surface area contributed by atoms with Gasteiger partial charge in [-0.15, -0.1) is 11.8 Å². The zero-order valence-electron chi connectivity index (χ0n) is 10.8.